The Bertz CT molecular complexity index is 857. The second-order valence-electron chi connectivity index (χ2n) is 8.94. The Labute approximate surface area is 194 Å². The lowest BCUT2D eigenvalue weighted by molar-refractivity contribution is -0.229. The van der Waals surface area contributed by atoms with E-state index in [1.165, 1.54) is 19.3 Å². The maximum Gasteiger partial charge on any atom is 0.408 e. The standard InChI is InChI=1S/C22H33N2O8P/c1-22(2,3)20(26)32-24-12-17(13-24)11-18(19(25)15-33(28,29-4)30-5)23-21(27)31-14-16-9-7-6-8-10-16/h6-10,17-18H,11-15H2,1-5H3,(H,23,27)/t18-/m0/s1. The Balaban J connectivity index is 1.96. The lowest BCUT2D eigenvalue weighted by Gasteiger charge is -2.39. The van der Waals surface area contributed by atoms with Gasteiger partial charge in [0.15, 0.2) is 5.78 Å². The average molecular weight is 484 g/mol. The Morgan fingerprint density at radius 1 is 1.12 bits per heavy atom. The van der Waals surface area contributed by atoms with Crippen LogP contribution in [0.15, 0.2) is 30.3 Å². The number of nitrogens with one attached hydrogen (secondary N) is 1. The number of carbonyl (C=O) groups is 3. The Morgan fingerprint density at radius 2 is 1.73 bits per heavy atom. The molecule has 2 rings (SSSR count). The zero-order valence-corrected chi connectivity index (χ0v) is 20.6. The van der Waals surface area contributed by atoms with Gasteiger partial charge in [0.05, 0.1) is 11.5 Å². The number of nitrogens with zero attached hydrogens (tertiary/aromatic N) is 1. The van der Waals surface area contributed by atoms with Gasteiger partial charge < -0.3 is 23.9 Å². The van der Waals surface area contributed by atoms with Gasteiger partial charge in [0, 0.05) is 27.3 Å². The fourth-order valence-electron chi connectivity index (χ4n) is 3.02. The molecule has 1 atom stereocenters. The molecule has 1 aliphatic rings. The highest BCUT2D eigenvalue weighted by Gasteiger charge is 2.38. The van der Waals surface area contributed by atoms with Gasteiger partial charge in [-0.2, -0.15) is 0 Å². The Morgan fingerprint density at radius 3 is 2.27 bits per heavy atom. The van der Waals surface area contributed by atoms with Crippen LogP contribution in [0.1, 0.15) is 32.8 Å². The predicted octanol–water partition coefficient (Wildman–Crippen LogP) is 3.16. The highest BCUT2D eigenvalue weighted by atomic mass is 31.2. The van der Waals surface area contributed by atoms with Crippen molar-refractivity contribution in [3.8, 4) is 0 Å². The van der Waals surface area contributed by atoms with Crippen LogP contribution in [0.4, 0.5) is 4.79 Å². The van der Waals surface area contributed by atoms with E-state index in [9.17, 15) is 18.9 Å². The number of amides is 1. The molecule has 1 aromatic rings. The Hall–Kier alpha value is -2.26. The summed E-state index contributed by atoms with van der Waals surface area (Å²) >= 11 is 0. The van der Waals surface area contributed by atoms with E-state index in [2.05, 4.69) is 5.32 Å². The van der Waals surface area contributed by atoms with Crippen LogP contribution in [0, 0.1) is 11.3 Å². The second-order valence-corrected chi connectivity index (χ2v) is 11.2. The minimum absolute atomic E-state index is 0.0226. The van der Waals surface area contributed by atoms with Crippen LogP contribution in [0.3, 0.4) is 0 Å². The summed E-state index contributed by atoms with van der Waals surface area (Å²) in [6.45, 7) is 6.15. The minimum Gasteiger partial charge on any atom is -0.445 e. The van der Waals surface area contributed by atoms with Crippen molar-refractivity contribution in [2.45, 2.75) is 39.8 Å². The third kappa shape index (κ3) is 8.55. The molecule has 0 unspecified atom stereocenters. The van der Waals surface area contributed by atoms with E-state index in [4.69, 9.17) is 18.6 Å². The molecule has 1 aliphatic heterocycles. The third-order valence-electron chi connectivity index (χ3n) is 5.12. The van der Waals surface area contributed by atoms with E-state index < -0.39 is 37.1 Å². The van der Waals surface area contributed by atoms with Gasteiger partial charge in [-0.3, -0.25) is 9.36 Å². The average Bonchev–Trinajstić information content (AvgIpc) is 2.75. The zero-order chi connectivity index (χ0) is 24.6. The van der Waals surface area contributed by atoms with Gasteiger partial charge in [0.2, 0.25) is 0 Å². The van der Waals surface area contributed by atoms with Crippen LogP contribution >= 0.6 is 7.60 Å². The second kappa shape index (κ2) is 11.7. The molecule has 0 spiro atoms. The molecule has 33 heavy (non-hydrogen) atoms. The number of benzene rings is 1. The first-order valence-corrected chi connectivity index (χ1v) is 12.4. The van der Waals surface area contributed by atoms with E-state index in [1.807, 2.05) is 30.3 Å². The zero-order valence-electron chi connectivity index (χ0n) is 19.7. The highest BCUT2D eigenvalue weighted by molar-refractivity contribution is 7.54. The van der Waals surface area contributed by atoms with Crippen LogP contribution in [0.5, 0.6) is 0 Å². The monoisotopic (exact) mass is 484 g/mol. The van der Waals surface area contributed by atoms with Crippen LogP contribution < -0.4 is 5.32 Å². The van der Waals surface area contributed by atoms with Crippen LogP contribution in [-0.2, 0) is 39.4 Å². The van der Waals surface area contributed by atoms with Gasteiger partial charge in [0.1, 0.15) is 12.8 Å². The van der Waals surface area contributed by atoms with Crippen molar-refractivity contribution in [3.63, 3.8) is 0 Å². The number of hydrogen-bond donors (Lipinski definition) is 1. The van der Waals surface area contributed by atoms with Crippen molar-refractivity contribution in [2.24, 2.45) is 11.3 Å². The molecular weight excluding hydrogens is 451 g/mol. The number of Topliss-reactive ketones (excluding diaryl/α,β-unsaturated/α-hetero) is 1. The summed E-state index contributed by atoms with van der Waals surface area (Å²) in [7, 11) is -1.21. The van der Waals surface area contributed by atoms with Crippen LogP contribution in [-0.4, -0.2) is 62.4 Å². The van der Waals surface area contributed by atoms with E-state index >= 15 is 0 Å². The fourth-order valence-corrected chi connectivity index (χ4v) is 4.03. The first-order valence-electron chi connectivity index (χ1n) is 10.6. The number of ether oxygens (including phenoxy) is 1. The summed E-state index contributed by atoms with van der Waals surface area (Å²) in [4.78, 5) is 42.5. The molecule has 1 amide bonds. The van der Waals surface area contributed by atoms with Crippen molar-refractivity contribution in [1.82, 2.24) is 10.4 Å². The fraction of sp³-hybridized carbons (Fsp3) is 0.591. The van der Waals surface area contributed by atoms with E-state index in [0.29, 0.717) is 13.1 Å². The van der Waals surface area contributed by atoms with Crippen molar-refractivity contribution in [2.75, 3.05) is 33.5 Å². The molecule has 0 aromatic heterocycles. The molecule has 1 fully saturated rings. The summed E-state index contributed by atoms with van der Waals surface area (Å²) in [5.74, 6) is -0.869. The number of alkyl carbamates (subject to hydrolysis) is 1. The summed E-state index contributed by atoms with van der Waals surface area (Å²) in [5, 5.41) is 4.08. The predicted molar refractivity (Wildman–Crippen MR) is 120 cm³/mol. The molecule has 10 nitrogen and oxygen atoms in total. The largest absolute Gasteiger partial charge is 0.445 e. The number of hydroxylamine groups is 2. The topological polar surface area (TPSA) is 120 Å². The normalized spacial score (nSPS) is 15.9. The molecule has 0 aliphatic carbocycles. The lowest BCUT2D eigenvalue weighted by atomic mass is 9.92. The van der Waals surface area contributed by atoms with Crippen LogP contribution in [0.2, 0.25) is 0 Å². The third-order valence-corrected chi connectivity index (χ3v) is 6.93. The lowest BCUT2D eigenvalue weighted by Crippen LogP contribution is -2.53. The first-order chi connectivity index (χ1) is 15.5. The van der Waals surface area contributed by atoms with Crippen LogP contribution in [0.25, 0.3) is 0 Å². The molecule has 1 heterocycles. The molecule has 0 bridgehead atoms. The van der Waals surface area contributed by atoms with Crippen molar-refractivity contribution in [3.05, 3.63) is 35.9 Å². The molecule has 0 saturated carbocycles. The van der Waals surface area contributed by atoms with Gasteiger partial charge >= 0.3 is 19.7 Å². The number of carbonyl (C=O) groups excluding carboxylic acids is 3. The van der Waals surface area contributed by atoms with Gasteiger partial charge in [-0.15, -0.1) is 5.06 Å². The summed E-state index contributed by atoms with van der Waals surface area (Å²) in [5.41, 5.74) is 0.170. The number of ketones is 1. The molecule has 1 aromatic carbocycles. The maximum atomic E-state index is 12.9. The summed E-state index contributed by atoms with van der Waals surface area (Å²) in [6.07, 6.45) is -0.993. The smallest absolute Gasteiger partial charge is 0.408 e. The van der Waals surface area contributed by atoms with Gasteiger partial charge in [-0.05, 0) is 38.7 Å². The summed E-state index contributed by atoms with van der Waals surface area (Å²) < 4.78 is 27.4. The minimum atomic E-state index is -3.60. The molecule has 0 radical (unpaired) electrons. The number of hydrogen-bond acceptors (Lipinski definition) is 9. The van der Waals surface area contributed by atoms with Crippen molar-refractivity contribution >= 4 is 25.4 Å². The highest BCUT2D eigenvalue weighted by Crippen LogP contribution is 2.46. The molecule has 1 N–H and O–H groups in total. The first kappa shape index (κ1) is 27.0. The number of rotatable bonds is 11. The molecule has 11 heteroatoms. The van der Waals surface area contributed by atoms with E-state index in [0.717, 1.165) is 5.56 Å². The van der Waals surface area contributed by atoms with E-state index in [-0.39, 0.29) is 24.9 Å². The van der Waals surface area contributed by atoms with Gasteiger partial charge in [-0.1, -0.05) is 30.3 Å². The molecular formula is C22H33N2O8P. The van der Waals surface area contributed by atoms with E-state index in [1.54, 1.807) is 20.8 Å². The maximum absolute atomic E-state index is 12.9. The molecule has 184 valence electrons. The quantitative estimate of drug-likeness (QED) is 0.472. The van der Waals surface area contributed by atoms with Crippen molar-refractivity contribution < 1.29 is 37.6 Å². The Kier molecular flexibility index (Phi) is 9.60. The van der Waals surface area contributed by atoms with Crippen molar-refractivity contribution in [1.29, 1.82) is 0 Å². The van der Waals surface area contributed by atoms with Gasteiger partial charge in [-0.25, -0.2) is 9.59 Å². The summed E-state index contributed by atoms with van der Waals surface area (Å²) in [6, 6.07) is 8.16. The van der Waals surface area contributed by atoms with Gasteiger partial charge in [0.25, 0.3) is 0 Å². The molecule has 1 saturated heterocycles. The SMILES string of the molecule is COP(=O)(CC(=O)[C@H](CC1CN(OC(=O)C(C)(C)C)C1)NC(=O)OCc1ccccc1)OC.